The summed E-state index contributed by atoms with van der Waals surface area (Å²) in [7, 11) is 1.28. The number of nitrogen functional groups attached to an aromatic ring is 1. The number of hydrogen-bond acceptors (Lipinski definition) is 5. The number of carbonyl (C=O) groups is 1. The summed E-state index contributed by atoms with van der Waals surface area (Å²) in [5.74, 6) is 4.39. The molecule has 0 saturated carbocycles. The molecule has 5 nitrogen and oxygen atoms in total. The molecule has 0 bridgehead atoms. The van der Waals surface area contributed by atoms with Crippen molar-refractivity contribution in [2.75, 3.05) is 12.8 Å². The molecule has 1 aromatic heterocycles. The molecule has 0 saturated heterocycles. The lowest BCUT2D eigenvalue weighted by atomic mass is 10.2. The van der Waals surface area contributed by atoms with Gasteiger partial charge in [0.15, 0.2) is 5.58 Å². The Balaban J connectivity index is 2.38. The first-order valence-corrected chi connectivity index (χ1v) is 4.45. The predicted octanol–water partition coefficient (Wildman–Crippen LogP) is 0.934. The summed E-state index contributed by atoms with van der Waals surface area (Å²) >= 11 is 0. The van der Waals surface area contributed by atoms with Crippen LogP contribution in [0, 0.1) is 11.8 Å². The summed E-state index contributed by atoms with van der Waals surface area (Å²) in [6.45, 7) is 0. The van der Waals surface area contributed by atoms with Gasteiger partial charge in [-0.1, -0.05) is 5.92 Å². The average molecular weight is 216 g/mol. The molecule has 0 amide bonds. The van der Waals surface area contributed by atoms with Crippen LogP contribution in [0.1, 0.15) is 5.56 Å². The van der Waals surface area contributed by atoms with E-state index in [4.69, 9.17) is 10.2 Å². The number of anilines is 1. The molecule has 1 heterocycles. The zero-order valence-corrected chi connectivity index (χ0v) is 8.48. The number of hydrogen-bond donors (Lipinski definition) is 1. The highest BCUT2D eigenvalue weighted by molar-refractivity contribution is 5.89. The summed E-state index contributed by atoms with van der Waals surface area (Å²) in [5.41, 5.74) is 7.23. The highest BCUT2D eigenvalue weighted by Gasteiger charge is 2.02. The lowest BCUT2D eigenvalue weighted by molar-refractivity contribution is -0.133. The zero-order valence-electron chi connectivity index (χ0n) is 8.48. The van der Waals surface area contributed by atoms with E-state index in [1.54, 1.807) is 18.2 Å². The quantitative estimate of drug-likeness (QED) is 0.523. The molecular formula is C11H8N2O3. The third-order valence-corrected chi connectivity index (χ3v) is 1.90. The van der Waals surface area contributed by atoms with E-state index in [1.807, 2.05) is 0 Å². The normalized spacial score (nSPS) is 9.56. The number of aromatic nitrogens is 1. The summed E-state index contributed by atoms with van der Waals surface area (Å²) < 4.78 is 9.49. The van der Waals surface area contributed by atoms with Crippen molar-refractivity contribution in [1.82, 2.24) is 4.98 Å². The van der Waals surface area contributed by atoms with Crippen molar-refractivity contribution in [2.24, 2.45) is 0 Å². The van der Waals surface area contributed by atoms with Gasteiger partial charge in [-0.15, -0.1) is 0 Å². The minimum absolute atomic E-state index is 0.105. The van der Waals surface area contributed by atoms with Gasteiger partial charge in [0.25, 0.3) is 6.01 Å². The first-order chi connectivity index (χ1) is 7.69. The van der Waals surface area contributed by atoms with Crippen LogP contribution < -0.4 is 5.73 Å². The van der Waals surface area contributed by atoms with Crippen LogP contribution >= 0.6 is 0 Å². The van der Waals surface area contributed by atoms with Gasteiger partial charge in [-0.25, -0.2) is 4.79 Å². The van der Waals surface area contributed by atoms with Crippen molar-refractivity contribution < 1.29 is 13.9 Å². The van der Waals surface area contributed by atoms with Crippen LogP contribution in [0.5, 0.6) is 0 Å². The van der Waals surface area contributed by atoms with Gasteiger partial charge >= 0.3 is 5.97 Å². The third-order valence-electron chi connectivity index (χ3n) is 1.90. The molecule has 80 valence electrons. The van der Waals surface area contributed by atoms with E-state index in [9.17, 15) is 4.79 Å². The van der Waals surface area contributed by atoms with E-state index >= 15 is 0 Å². The van der Waals surface area contributed by atoms with Crippen LogP contribution in [-0.2, 0) is 9.53 Å². The molecule has 0 unspecified atom stereocenters. The molecule has 2 aromatic rings. The number of nitrogens with two attached hydrogens (primary N) is 1. The second-order valence-electron chi connectivity index (χ2n) is 2.98. The fraction of sp³-hybridized carbons (Fsp3) is 0.0909. The Labute approximate surface area is 91.2 Å². The van der Waals surface area contributed by atoms with Crippen LogP contribution in [0.2, 0.25) is 0 Å². The largest absolute Gasteiger partial charge is 0.459 e. The number of ether oxygens (including phenoxy) is 1. The Kier molecular flexibility index (Phi) is 2.48. The van der Waals surface area contributed by atoms with Gasteiger partial charge < -0.3 is 14.9 Å². The number of nitrogens with zero attached hydrogens (tertiary/aromatic N) is 1. The minimum Gasteiger partial charge on any atom is -0.459 e. The number of rotatable bonds is 0. The molecule has 2 rings (SSSR count). The second kappa shape index (κ2) is 3.95. The van der Waals surface area contributed by atoms with E-state index in [-0.39, 0.29) is 6.01 Å². The number of esters is 1. The van der Waals surface area contributed by atoms with Gasteiger partial charge in [0.1, 0.15) is 5.52 Å². The SMILES string of the molecule is COC(=O)C#Cc1ccc2oc(N)nc2c1. The van der Waals surface area contributed by atoms with Gasteiger partial charge in [0.2, 0.25) is 0 Å². The highest BCUT2D eigenvalue weighted by Crippen LogP contribution is 2.17. The number of fused-ring (bicyclic) bond motifs is 1. The van der Waals surface area contributed by atoms with Gasteiger partial charge in [-0.2, -0.15) is 4.98 Å². The van der Waals surface area contributed by atoms with E-state index in [1.165, 1.54) is 7.11 Å². The van der Waals surface area contributed by atoms with Crippen LogP contribution in [0.25, 0.3) is 11.1 Å². The molecule has 0 atom stereocenters. The van der Waals surface area contributed by atoms with Crippen LogP contribution in [-0.4, -0.2) is 18.1 Å². The van der Waals surface area contributed by atoms with Crippen molar-refractivity contribution in [1.29, 1.82) is 0 Å². The Morgan fingerprint density at radius 3 is 3.12 bits per heavy atom. The molecule has 0 aliphatic rings. The Bertz CT molecular complexity index is 604. The summed E-state index contributed by atoms with van der Waals surface area (Å²) in [6.07, 6.45) is 0. The maximum atomic E-state index is 10.8. The van der Waals surface area contributed by atoms with Gasteiger partial charge in [0, 0.05) is 11.5 Å². The van der Waals surface area contributed by atoms with E-state index in [2.05, 4.69) is 21.6 Å². The van der Waals surface area contributed by atoms with Crippen molar-refractivity contribution in [3.05, 3.63) is 23.8 Å². The standard InChI is InChI=1S/C11H8N2O3/c1-15-10(14)5-3-7-2-4-9-8(6-7)13-11(12)16-9/h2,4,6H,1H3,(H2,12,13). The van der Waals surface area contributed by atoms with Gasteiger partial charge in [-0.3, -0.25) is 0 Å². The smallest absolute Gasteiger partial charge is 0.384 e. The summed E-state index contributed by atoms with van der Waals surface area (Å²) in [6, 6.07) is 5.20. The first-order valence-electron chi connectivity index (χ1n) is 4.45. The fourth-order valence-corrected chi connectivity index (χ4v) is 1.20. The molecule has 0 aliphatic heterocycles. The molecule has 0 spiro atoms. The highest BCUT2D eigenvalue weighted by atomic mass is 16.5. The summed E-state index contributed by atoms with van der Waals surface area (Å²) in [4.78, 5) is 14.8. The molecule has 0 radical (unpaired) electrons. The van der Waals surface area contributed by atoms with Crippen molar-refractivity contribution in [2.45, 2.75) is 0 Å². The second-order valence-corrected chi connectivity index (χ2v) is 2.98. The predicted molar refractivity (Wildman–Crippen MR) is 57.3 cm³/mol. The van der Waals surface area contributed by atoms with Crippen LogP contribution in [0.4, 0.5) is 6.01 Å². The number of carbonyl (C=O) groups excluding carboxylic acids is 1. The number of oxazole rings is 1. The van der Waals surface area contributed by atoms with Gasteiger partial charge in [0.05, 0.1) is 7.11 Å². The summed E-state index contributed by atoms with van der Waals surface area (Å²) in [5, 5.41) is 0. The monoisotopic (exact) mass is 216 g/mol. The molecule has 0 aliphatic carbocycles. The lowest BCUT2D eigenvalue weighted by Gasteiger charge is -1.89. The van der Waals surface area contributed by atoms with E-state index < -0.39 is 5.97 Å². The Morgan fingerprint density at radius 2 is 2.38 bits per heavy atom. The maximum Gasteiger partial charge on any atom is 0.384 e. The van der Waals surface area contributed by atoms with Crippen LogP contribution in [0.15, 0.2) is 22.6 Å². The zero-order chi connectivity index (χ0) is 11.5. The van der Waals surface area contributed by atoms with Crippen LogP contribution in [0.3, 0.4) is 0 Å². The van der Waals surface area contributed by atoms with E-state index in [0.29, 0.717) is 16.7 Å². The molecular weight excluding hydrogens is 208 g/mol. The van der Waals surface area contributed by atoms with Crippen molar-refractivity contribution in [3.8, 4) is 11.8 Å². The van der Waals surface area contributed by atoms with E-state index in [0.717, 1.165) is 0 Å². The molecule has 2 N–H and O–H groups in total. The topological polar surface area (TPSA) is 78.3 Å². The van der Waals surface area contributed by atoms with Crippen molar-refractivity contribution in [3.63, 3.8) is 0 Å². The lowest BCUT2D eigenvalue weighted by Crippen LogP contribution is -1.94. The number of benzene rings is 1. The third kappa shape index (κ3) is 1.96. The van der Waals surface area contributed by atoms with Crippen molar-refractivity contribution >= 4 is 23.1 Å². The molecule has 1 aromatic carbocycles. The Hall–Kier alpha value is -2.48. The maximum absolute atomic E-state index is 10.8. The molecule has 16 heavy (non-hydrogen) atoms. The average Bonchev–Trinajstić information content (AvgIpc) is 2.65. The molecule has 0 fully saturated rings. The fourth-order valence-electron chi connectivity index (χ4n) is 1.20. The minimum atomic E-state index is -0.584. The molecule has 5 heteroatoms. The first kappa shape index (κ1) is 10.1. The van der Waals surface area contributed by atoms with Gasteiger partial charge in [-0.05, 0) is 18.2 Å². The number of methoxy groups -OCH3 is 1. The Morgan fingerprint density at radius 1 is 1.56 bits per heavy atom.